The maximum atomic E-state index is 13.8. The van der Waals surface area contributed by atoms with Crippen molar-refractivity contribution in [1.82, 2.24) is 14.5 Å². The number of aryl methyl sites for hydroxylation is 1. The molecule has 2 aromatic heterocycles. The third-order valence-electron chi connectivity index (χ3n) is 4.74. The predicted molar refractivity (Wildman–Crippen MR) is 111 cm³/mol. The number of hydrogen-bond acceptors (Lipinski definition) is 7. The number of halogens is 1. The van der Waals surface area contributed by atoms with Gasteiger partial charge in [0.25, 0.3) is 0 Å². The minimum absolute atomic E-state index is 0.0736. The summed E-state index contributed by atoms with van der Waals surface area (Å²) in [4.78, 5) is 31.1. The number of aromatic nitrogens is 3. The lowest BCUT2D eigenvalue weighted by molar-refractivity contribution is -0.387. The molecule has 2 heterocycles. The first-order chi connectivity index (χ1) is 14.9. The smallest absolute Gasteiger partial charge is 0.343 e. The number of methoxy groups -OCH3 is 1. The maximum absolute atomic E-state index is 13.8. The van der Waals surface area contributed by atoms with Crippen LogP contribution in [0.3, 0.4) is 0 Å². The van der Waals surface area contributed by atoms with Crippen molar-refractivity contribution >= 4 is 34.2 Å². The fourth-order valence-electron chi connectivity index (χ4n) is 3.19. The number of ether oxygens (including phenoxy) is 1. The zero-order chi connectivity index (χ0) is 22.1. The number of nitro groups is 1. The van der Waals surface area contributed by atoms with Crippen molar-refractivity contribution in [1.29, 1.82) is 0 Å². The summed E-state index contributed by atoms with van der Waals surface area (Å²) in [6.45, 7) is 1.60. The highest BCUT2D eigenvalue weighted by Gasteiger charge is 2.20. The summed E-state index contributed by atoms with van der Waals surface area (Å²) in [7, 11) is 1.26. The van der Waals surface area contributed by atoms with Crippen LogP contribution in [0.4, 0.5) is 21.7 Å². The first-order valence-corrected chi connectivity index (χ1v) is 9.12. The van der Waals surface area contributed by atoms with Crippen LogP contribution < -0.4 is 5.32 Å². The summed E-state index contributed by atoms with van der Waals surface area (Å²) in [6.07, 6.45) is 3.07. The third-order valence-corrected chi connectivity index (χ3v) is 4.74. The number of hydrogen-bond donors (Lipinski definition) is 1. The average molecular weight is 421 g/mol. The van der Waals surface area contributed by atoms with E-state index in [1.807, 2.05) is 30.3 Å². The van der Waals surface area contributed by atoms with Crippen LogP contribution in [0.2, 0.25) is 0 Å². The molecule has 31 heavy (non-hydrogen) atoms. The van der Waals surface area contributed by atoms with Crippen LogP contribution in [0.15, 0.2) is 54.9 Å². The lowest BCUT2D eigenvalue weighted by Gasteiger charge is -2.13. The van der Waals surface area contributed by atoms with Gasteiger partial charge in [0.1, 0.15) is 5.56 Å². The molecule has 4 aromatic rings. The second kappa shape index (κ2) is 7.82. The number of nitrogens with one attached hydrogen (secondary N) is 1. The number of esters is 1. The van der Waals surface area contributed by atoms with Gasteiger partial charge in [-0.2, -0.15) is 9.37 Å². The van der Waals surface area contributed by atoms with E-state index < -0.39 is 22.4 Å². The first kappa shape index (κ1) is 20.0. The van der Waals surface area contributed by atoms with Gasteiger partial charge >= 0.3 is 11.7 Å². The van der Waals surface area contributed by atoms with Crippen LogP contribution in [0.5, 0.6) is 0 Å². The molecule has 156 valence electrons. The quantitative estimate of drug-likeness (QED) is 0.290. The highest BCUT2D eigenvalue weighted by atomic mass is 19.1. The molecule has 0 radical (unpaired) electrons. The van der Waals surface area contributed by atoms with Gasteiger partial charge in [-0.1, -0.05) is 18.2 Å². The van der Waals surface area contributed by atoms with Gasteiger partial charge in [-0.25, -0.2) is 9.78 Å². The SMILES string of the molecule is COC(=O)c1cnc(Nc2cc([N+](=O)[O-])c(F)cc2C)nc1-n1ccc2ccccc21. The number of benzene rings is 2. The van der Waals surface area contributed by atoms with Crippen molar-refractivity contribution in [3.05, 3.63) is 81.9 Å². The van der Waals surface area contributed by atoms with Crippen molar-refractivity contribution in [2.24, 2.45) is 0 Å². The lowest BCUT2D eigenvalue weighted by atomic mass is 10.1. The number of nitro benzene ring substituents is 1. The maximum Gasteiger partial charge on any atom is 0.343 e. The zero-order valence-corrected chi connectivity index (χ0v) is 16.5. The van der Waals surface area contributed by atoms with Crippen molar-refractivity contribution in [3.63, 3.8) is 0 Å². The molecule has 0 bridgehead atoms. The second-order valence-corrected chi connectivity index (χ2v) is 6.67. The highest BCUT2D eigenvalue weighted by Crippen LogP contribution is 2.28. The monoisotopic (exact) mass is 421 g/mol. The molecule has 0 aliphatic rings. The number of rotatable bonds is 5. The molecule has 2 aromatic carbocycles. The van der Waals surface area contributed by atoms with E-state index in [1.165, 1.54) is 13.3 Å². The summed E-state index contributed by atoms with van der Waals surface area (Å²) in [5, 5.41) is 14.9. The largest absolute Gasteiger partial charge is 0.465 e. The molecule has 0 aliphatic heterocycles. The second-order valence-electron chi connectivity index (χ2n) is 6.67. The Hall–Kier alpha value is -4.34. The fraction of sp³-hybridized carbons (Fsp3) is 0.0952. The molecule has 0 atom stereocenters. The van der Waals surface area contributed by atoms with E-state index in [4.69, 9.17) is 4.74 Å². The van der Waals surface area contributed by atoms with Crippen LogP contribution in [-0.2, 0) is 4.74 Å². The van der Waals surface area contributed by atoms with E-state index in [2.05, 4.69) is 15.3 Å². The Labute approximate surface area is 175 Å². The number of fused-ring (bicyclic) bond motifs is 1. The number of anilines is 2. The molecule has 0 fully saturated rings. The number of nitrogens with zero attached hydrogens (tertiary/aromatic N) is 4. The van der Waals surface area contributed by atoms with Gasteiger partial charge < -0.3 is 14.6 Å². The van der Waals surface area contributed by atoms with Crippen LogP contribution in [-0.4, -0.2) is 32.5 Å². The Bertz CT molecular complexity index is 1330. The minimum Gasteiger partial charge on any atom is -0.465 e. The molecule has 4 rings (SSSR count). The fourth-order valence-corrected chi connectivity index (χ4v) is 3.19. The third kappa shape index (κ3) is 3.66. The number of para-hydroxylation sites is 1. The standard InChI is InChI=1S/C21H16FN5O4/c1-12-9-15(22)18(27(29)30)10-16(12)24-21-23-11-14(20(28)31-2)19(25-21)26-8-7-13-5-3-4-6-17(13)26/h3-11H,1-2H3,(H,23,24,25). The Kier molecular flexibility index (Phi) is 5.04. The van der Waals surface area contributed by atoms with E-state index in [1.54, 1.807) is 17.7 Å². The van der Waals surface area contributed by atoms with E-state index in [-0.39, 0.29) is 23.0 Å². The van der Waals surface area contributed by atoms with E-state index in [0.29, 0.717) is 5.56 Å². The van der Waals surface area contributed by atoms with Crippen LogP contribution >= 0.6 is 0 Å². The lowest BCUT2D eigenvalue weighted by Crippen LogP contribution is -2.12. The number of carbonyl (C=O) groups excluding carboxylic acids is 1. The van der Waals surface area contributed by atoms with Crippen molar-refractivity contribution in [2.45, 2.75) is 6.92 Å². The Morgan fingerprint density at radius 1 is 1.26 bits per heavy atom. The van der Waals surface area contributed by atoms with Crippen LogP contribution in [0, 0.1) is 22.9 Å². The number of carbonyl (C=O) groups is 1. The Balaban J connectivity index is 1.83. The van der Waals surface area contributed by atoms with Crippen molar-refractivity contribution < 1.29 is 18.8 Å². The normalized spacial score (nSPS) is 10.8. The molecule has 0 spiro atoms. The minimum atomic E-state index is -0.936. The summed E-state index contributed by atoms with van der Waals surface area (Å²) in [5.74, 6) is -1.22. The topological polar surface area (TPSA) is 112 Å². The van der Waals surface area contributed by atoms with E-state index in [0.717, 1.165) is 23.0 Å². The van der Waals surface area contributed by atoms with Gasteiger partial charge in [-0.3, -0.25) is 10.1 Å². The van der Waals surface area contributed by atoms with Crippen molar-refractivity contribution in [2.75, 3.05) is 12.4 Å². The van der Waals surface area contributed by atoms with Gasteiger partial charge in [0.05, 0.1) is 23.2 Å². The van der Waals surface area contributed by atoms with E-state index >= 15 is 0 Å². The molecule has 10 heteroatoms. The molecule has 0 saturated carbocycles. The molecular weight excluding hydrogens is 405 g/mol. The van der Waals surface area contributed by atoms with Gasteiger partial charge in [0, 0.05) is 18.5 Å². The summed E-state index contributed by atoms with van der Waals surface area (Å²) < 4.78 is 20.4. The molecule has 0 aliphatic carbocycles. The molecular formula is C21H16FN5O4. The summed E-state index contributed by atoms with van der Waals surface area (Å²) >= 11 is 0. The summed E-state index contributed by atoms with van der Waals surface area (Å²) in [5.41, 5.74) is 0.969. The van der Waals surface area contributed by atoms with E-state index in [9.17, 15) is 19.3 Å². The van der Waals surface area contributed by atoms with Gasteiger partial charge in [-0.15, -0.1) is 0 Å². The zero-order valence-electron chi connectivity index (χ0n) is 16.5. The van der Waals surface area contributed by atoms with Gasteiger partial charge in [0.2, 0.25) is 11.8 Å². The van der Waals surface area contributed by atoms with Crippen molar-refractivity contribution in [3.8, 4) is 5.82 Å². The highest BCUT2D eigenvalue weighted by molar-refractivity contribution is 5.94. The average Bonchev–Trinajstić information content (AvgIpc) is 3.19. The van der Waals surface area contributed by atoms with Gasteiger partial charge in [0.15, 0.2) is 5.82 Å². The summed E-state index contributed by atoms with van der Waals surface area (Å²) in [6, 6.07) is 11.6. The Morgan fingerprint density at radius 2 is 2.03 bits per heavy atom. The Morgan fingerprint density at radius 3 is 2.77 bits per heavy atom. The molecule has 0 unspecified atom stereocenters. The molecule has 9 nitrogen and oxygen atoms in total. The molecule has 1 N–H and O–H groups in total. The first-order valence-electron chi connectivity index (χ1n) is 9.12. The molecule has 0 amide bonds. The van der Waals surface area contributed by atoms with Gasteiger partial charge in [-0.05, 0) is 36.1 Å². The van der Waals surface area contributed by atoms with Crippen LogP contribution in [0.25, 0.3) is 16.7 Å². The molecule has 0 saturated heterocycles. The van der Waals surface area contributed by atoms with Crippen LogP contribution in [0.1, 0.15) is 15.9 Å². The predicted octanol–water partition coefficient (Wildman–Crippen LogP) is 4.31.